The van der Waals surface area contributed by atoms with Crippen molar-refractivity contribution in [3.05, 3.63) is 0 Å². The van der Waals surface area contributed by atoms with Gasteiger partial charge in [-0.3, -0.25) is 0 Å². The van der Waals surface area contributed by atoms with Crippen molar-refractivity contribution in [1.29, 1.82) is 0 Å². The first-order valence-corrected chi connectivity index (χ1v) is 7.71. The fourth-order valence-electron chi connectivity index (χ4n) is 0.996. The molecular formula is C8H18Cl2O3Si. The van der Waals surface area contributed by atoms with Gasteiger partial charge in [-0.2, -0.15) is 0 Å². The second kappa shape index (κ2) is 7.90. The molecule has 0 fully saturated rings. The highest BCUT2D eigenvalue weighted by molar-refractivity contribution is 6.69. The quantitative estimate of drug-likeness (QED) is 0.496. The van der Waals surface area contributed by atoms with E-state index in [-0.39, 0.29) is 11.6 Å². The lowest BCUT2D eigenvalue weighted by molar-refractivity contribution is 0.0503. The Morgan fingerprint density at radius 3 is 1.93 bits per heavy atom. The van der Waals surface area contributed by atoms with Crippen molar-refractivity contribution in [3.8, 4) is 0 Å². The van der Waals surface area contributed by atoms with E-state index in [2.05, 4.69) is 0 Å². The molecule has 0 aromatic heterocycles. The van der Waals surface area contributed by atoms with Crippen LogP contribution in [0, 0.1) is 0 Å². The monoisotopic (exact) mass is 260 g/mol. The lowest BCUT2D eigenvalue weighted by Gasteiger charge is -2.29. The first kappa shape index (κ1) is 14.7. The van der Waals surface area contributed by atoms with Gasteiger partial charge in [-0.1, -0.05) is 0 Å². The minimum Gasteiger partial charge on any atom is -0.373 e. The average Bonchev–Trinajstić information content (AvgIpc) is 2.18. The third-order valence-electron chi connectivity index (χ3n) is 1.49. The third kappa shape index (κ3) is 4.96. The maximum absolute atomic E-state index is 5.83. The highest BCUT2D eigenvalue weighted by Crippen LogP contribution is 2.15. The van der Waals surface area contributed by atoms with E-state index in [1.54, 1.807) is 0 Å². The molecule has 0 saturated carbocycles. The topological polar surface area (TPSA) is 27.7 Å². The van der Waals surface area contributed by atoms with E-state index < -0.39 is 8.80 Å². The molecule has 1 unspecified atom stereocenters. The van der Waals surface area contributed by atoms with E-state index in [0.717, 1.165) is 0 Å². The molecule has 0 aliphatic carbocycles. The molecule has 0 aromatic carbocycles. The number of hydrogen-bond acceptors (Lipinski definition) is 3. The third-order valence-corrected chi connectivity index (χ3v) is 5.45. The van der Waals surface area contributed by atoms with Crippen LogP contribution in [0.3, 0.4) is 0 Å². The molecule has 0 aliphatic heterocycles. The fraction of sp³-hybridized carbons (Fsp3) is 1.00. The molecule has 86 valence electrons. The summed E-state index contributed by atoms with van der Waals surface area (Å²) in [4.78, 5) is 0. The Labute approximate surface area is 97.0 Å². The fourth-order valence-corrected chi connectivity index (χ4v) is 3.83. The zero-order valence-corrected chi connectivity index (χ0v) is 11.4. The van der Waals surface area contributed by atoms with Gasteiger partial charge in [0.05, 0.1) is 11.6 Å². The molecule has 1 atom stereocenters. The summed E-state index contributed by atoms with van der Waals surface area (Å²) in [5.74, 6) is 0.409. The number of hydrogen-bond donors (Lipinski definition) is 0. The molecule has 0 N–H and O–H groups in total. The molecule has 0 aromatic rings. The van der Waals surface area contributed by atoms with Crippen LogP contribution in [-0.4, -0.2) is 39.5 Å². The average molecular weight is 261 g/mol. The molecule has 0 bridgehead atoms. The molecule has 0 heterocycles. The maximum Gasteiger partial charge on any atom is 0.516 e. The zero-order valence-electron chi connectivity index (χ0n) is 8.89. The largest absolute Gasteiger partial charge is 0.516 e. The van der Waals surface area contributed by atoms with Gasteiger partial charge >= 0.3 is 8.80 Å². The van der Waals surface area contributed by atoms with Crippen LogP contribution >= 0.6 is 23.2 Å². The Morgan fingerprint density at radius 1 is 1.14 bits per heavy atom. The normalized spacial score (nSPS) is 14.4. The molecule has 0 radical (unpaired) electrons. The minimum absolute atomic E-state index is 0.0971. The van der Waals surface area contributed by atoms with Crippen LogP contribution in [0.2, 0.25) is 0 Å². The van der Waals surface area contributed by atoms with E-state index >= 15 is 0 Å². The molecule has 0 aliphatic rings. The van der Waals surface area contributed by atoms with E-state index in [4.69, 9.17) is 36.5 Å². The van der Waals surface area contributed by atoms with Crippen LogP contribution in [0.25, 0.3) is 0 Å². The van der Waals surface area contributed by atoms with Crippen molar-refractivity contribution in [2.45, 2.75) is 26.9 Å². The number of alkyl halides is 2. The van der Waals surface area contributed by atoms with Crippen molar-refractivity contribution in [2.24, 2.45) is 0 Å². The molecule has 3 nitrogen and oxygen atoms in total. The summed E-state index contributed by atoms with van der Waals surface area (Å²) in [5.41, 5.74) is 0.260. The van der Waals surface area contributed by atoms with Gasteiger partial charge in [-0.25, -0.2) is 0 Å². The van der Waals surface area contributed by atoms with E-state index in [0.29, 0.717) is 19.1 Å². The van der Waals surface area contributed by atoms with E-state index in [9.17, 15) is 0 Å². The van der Waals surface area contributed by atoms with Gasteiger partial charge in [-0.05, 0) is 20.8 Å². The Morgan fingerprint density at radius 2 is 1.64 bits per heavy atom. The highest BCUT2D eigenvalue weighted by Gasteiger charge is 2.41. The van der Waals surface area contributed by atoms with Crippen molar-refractivity contribution in [2.75, 3.05) is 24.6 Å². The summed E-state index contributed by atoms with van der Waals surface area (Å²) >= 11 is 11.5. The van der Waals surface area contributed by atoms with Crippen LogP contribution in [0.5, 0.6) is 0 Å². The lowest BCUT2D eigenvalue weighted by Crippen LogP contribution is -2.50. The van der Waals surface area contributed by atoms with Crippen LogP contribution in [0.4, 0.5) is 0 Å². The van der Waals surface area contributed by atoms with Crippen LogP contribution < -0.4 is 0 Å². The molecule has 0 saturated heterocycles. The van der Waals surface area contributed by atoms with Gasteiger partial charge in [0.1, 0.15) is 0 Å². The van der Waals surface area contributed by atoms with Gasteiger partial charge < -0.3 is 13.3 Å². The van der Waals surface area contributed by atoms with Crippen molar-refractivity contribution >= 4 is 32.0 Å². The highest BCUT2D eigenvalue weighted by atomic mass is 35.5. The predicted octanol–water partition coefficient (Wildman–Crippen LogP) is 2.42. The van der Waals surface area contributed by atoms with Crippen molar-refractivity contribution in [3.63, 3.8) is 0 Å². The van der Waals surface area contributed by atoms with Gasteiger partial charge in [0.15, 0.2) is 0 Å². The zero-order chi connectivity index (χ0) is 11.0. The van der Waals surface area contributed by atoms with E-state index in [1.165, 1.54) is 0 Å². The van der Waals surface area contributed by atoms with E-state index in [1.807, 2.05) is 20.8 Å². The second-order valence-corrected chi connectivity index (χ2v) is 6.32. The molecule has 0 amide bonds. The van der Waals surface area contributed by atoms with Gasteiger partial charge in [-0.15, -0.1) is 23.2 Å². The minimum atomic E-state index is -2.67. The first-order valence-electron chi connectivity index (χ1n) is 4.71. The van der Waals surface area contributed by atoms with Gasteiger partial charge in [0.2, 0.25) is 0 Å². The van der Waals surface area contributed by atoms with Crippen LogP contribution in [-0.2, 0) is 13.3 Å². The Bertz CT molecular complexity index is 143. The molecule has 14 heavy (non-hydrogen) atoms. The second-order valence-electron chi connectivity index (χ2n) is 2.77. The summed E-state index contributed by atoms with van der Waals surface area (Å²) < 4.78 is 16.6. The molecule has 0 rings (SSSR count). The van der Waals surface area contributed by atoms with Gasteiger partial charge in [0.25, 0.3) is 0 Å². The Hall–Kier alpha value is 0.677. The predicted molar refractivity (Wildman–Crippen MR) is 61.0 cm³/mol. The van der Waals surface area contributed by atoms with Crippen molar-refractivity contribution in [1.82, 2.24) is 0 Å². The first-order chi connectivity index (χ1) is 6.64. The summed E-state index contributed by atoms with van der Waals surface area (Å²) in [7, 11) is -2.67. The summed E-state index contributed by atoms with van der Waals surface area (Å²) in [6.45, 7) is 6.73. The lowest BCUT2D eigenvalue weighted by atomic mass is 10.5. The summed E-state index contributed by atoms with van der Waals surface area (Å²) in [6, 6.07) is 0. The summed E-state index contributed by atoms with van der Waals surface area (Å²) in [6.07, 6.45) is -0.0971. The van der Waals surface area contributed by atoms with Crippen LogP contribution in [0.15, 0.2) is 0 Å². The number of rotatable bonds is 8. The van der Waals surface area contributed by atoms with Crippen molar-refractivity contribution < 1.29 is 13.3 Å². The Balaban J connectivity index is 4.31. The molecule has 0 spiro atoms. The van der Waals surface area contributed by atoms with Gasteiger partial charge in [0, 0.05) is 19.1 Å². The standard InChI is InChI=1S/C8H18Cl2O3Si/c1-4-11-14(7-10,12-5-2)13-8(3)6-9/h8H,4-7H2,1-3H3. The Kier molecular flexibility index (Phi) is 8.28. The molecular weight excluding hydrogens is 243 g/mol. The SMILES string of the molecule is CCO[Si](CCl)(OCC)OC(C)CCl. The smallest absolute Gasteiger partial charge is 0.373 e. The maximum atomic E-state index is 5.83. The molecule has 6 heteroatoms. The summed E-state index contributed by atoms with van der Waals surface area (Å²) in [5, 5.41) is 0. The van der Waals surface area contributed by atoms with Crippen LogP contribution in [0.1, 0.15) is 20.8 Å². The number of halogens is 2.